The van der Waals surface area contributed by atoms with Crippen molar-refractivity contribution in [1.82, 2.24) is 4.98 Å². The van der Waals surface area contributed by atoms with E-state index in [9.17, 15) is 13.2 Å². The van der Waals surface area contributed by atoms with Crippen LogP contribution in [0.1, 0.15) is 20.3 Å². The largest absolute Gasteiger partial charge is 0.311 e. The van der Waals surface area contributed by atoms with Gasteiger partial charge in [-0.05, 0) is 18.1 Å². The minimum absolute atomic E-state index is 0.0418. The molecule has 0 bridgehead atoms. The molecule has 0 fully saturated rings. The summed E-state index contributed by atoms with van der Waals surface area (Å²) in [7, 11) is -3.35. The molecule has 0 radical (unpaired) electrons. The average Bonchev–Trinajstić information content (AvgIpc) is 2.15. The Kier molecular flexibility index (Phi) is 4.22. The maximum absolute atomic E-state index is 11.5. The molecule has 1 aromatic heterocycles. The van der Waals surface area contributed by atoms with Crippen LogP contribution < -0.4 is 5.32 Å². The number of nitrogens with zero attached hydrogens (tertiary/aromatic N) is 1. The van der Waals surface area contributed by atoms with Crippen LogP contribution in [0.5, 0.6) is 0 Å². The number of carbonyl (C=O) groups excluding carboxylic acids is 1. The van der Waals surface area contributed by atoms with E-state index in [2.05, 4.69) is 10.3 Å². The maximum atomic E-state index is 11.5. The molecule has 0 aromatic carbocycles. The van der Waals surface area contributed by atoms with Crippen LogP contribution in [0, 0.1) is 5.92 Å². The van der Waals surface area contributed by atoms with Crippen molar-refractivity contribution in [1.29, 1.82) is 0 Å². The van der Waals surface area contributed by atoms with Gasteiger partial charge in [0.25, 0.3) is 0 Å². The normalized spacial score (nSPS) is 11.5. The summed E-state index contributed by atoms with van der Waals surface area (Å²) in [5.74, 6) is 0.338. The molecule has 94 valence electrons. The smallest absolute Gasteiger partial charge is 0.225 e. The van der Waals surface area contributed by atoms with Gasteiger partial charge in [0.15, 0.2) is 14.9 Å². The van der Waals surface area contributed by atoms with Crippen LogP contribution in [0.4, 0.5) is 5.82 Å². The summed E-state index contributed by atoms with van der Waals surface area (Å²) in [5.41, 5.74) is 0. The number of anilines is 1. The first-order chi connectivity index (χ1) is 7.79. The Morgan fingerprint density at radius 2 is 2.06 bits per heavy atom. The van der Waals surface area contributed by atoms with Gasteiger partial charge in [0.2, 0.25) is 5.91 Å². The zero-order valence-corrected chi connectivity index (χ0v) is 10.9. The maximum Gasteiger partial charge on any atom is 0.225 e. The predicted molar refractivity (Wildman–Crippen MR) is 65.4 cm³/mol. The molecule has 1 heterocycles. The minimum atomic E-state index is -3.35. The zero-order chi connectivity index (χ0) is 13.1. The van der Waals surface area contributed by atoms with Crippen LogP contribution >= 0.6 is 0 Å². The molecule has 1 N–H and O–H groups in total. The number of sulfone groups is 1. The van der Waals surface area contributed by atoms with Gasteiger partial charge < -0.3 is 5.32 Å². The molecule has 0 aliphatic heterocycles. The number of hydrogen-bond acceptors (Lipinski definition) is 4. The summed E-state index contributed by atoms with van der Waals surface area (Å²) >= 11 is 0. The predicted octanol–water partition coefficient (Wildman–Crippen LogP) is 1.47. The third-order valence-electron chi connectivity index (χ3n) is 1.96. The molecule has 0 saturated carbocycles. The standard InChI is InChI=1S/C11H16N2O3S/c1-8(2)7-10(14)12-9-5-4-6-11(13-9)17(3,15)16/h4-6,8H,7H2,1-3H3,(H,12,13,14). The van der Waals surface area contributed by atoms with Gasteiger partial charge in [-0.1, -0.05) is 19.9 Å². The van der Waals surface area contributed by atoms with Crippen molar-refractivity contribution in [3.05, 3.63) is 18.2 Å². The Labute approximate surface area is 101 Å². The molecule has 0 saturated heterocycles. The summed E-state index contributed by atoms with van der Waals surface area (Å²) in [5, 5.41) is 2.53. The average molecular weight is 256 g/mol. The number of hydrogen-bond donors (Lipinski definition) is 1. The second kappa shape index (κ2) is 5.27. The molecule has 0 spiro atoms. The van der Waals surface area contributed by atoms with Gasteiger partial charge in [0.05, 0.1) is 0 Å². The number of amides is 1. The zero-order valence-electron chi connectivity index (χ0n) is 10.1. The van der Waals surface area contributed by atoms with E-state index in [0.29, 0.717) is 6.42 Å². The lowest BCUT2D eigenvalue weighted by Crippen LogP contribution is -2.15. The molecule has 1 aromatic rings. The lowest BCUT2D eigenvalue weighted by molar-refractivity contribution is -0.116. The number of carbonyl (C=O) groups is 1. The van der Waals surface area contributed by atoms with E-state index in [1.54, 1.807) is 12.1 Å². The van der Waals surface area contributed by atoms with Crippen molar-refractivity contribution < 1.29 is 13.2 Å². The summed E-state index contributed by atoms with van der Waals surface area (Å²) in [6.45, 7) is 3.86. The lowest BCUT2D eigenvalue weighted by Gasteiger charge is -2.07. The van der Waals surface area contributed by atoms with Gasteiger partial charge in [-0.15, -0.1) is 0 Å². The van der Waals surface area contributed by atoms with Crippen LogP contribution in [0.3, 0.4) is 0 Å². The van der Waals surface area contributed by atoms with Crippen molar-refractivity contribution in [2.45, 2.75) is 25.3 Å². The van der Waals surface area contributed by atoms with Crippen molar-refractivity contribution in [2.24, 2.45) is 5.92 Å². The van der Waals surface area contributed by atoms with E-state index in [0.717, 1.165) is 6.26 Å². The second-order valence-corrected chi connectivity index (χ2v) is 6.24. The molecule has 1 rings (SSSR count). The summed E-state index contributed by atoms with van der Waals surface area (Å²) in [6, 6.07) is 4.51. The SMILES string of the molecule is CC(C)CC(=O)Nc1cccc(S(C)(=O)=O)n1. The fourth-order valence-electron chi connectivity index (χ4n) is 1.26. The summed E-state index contributed by atoms with van der Waals surface area (Å²) in [4.78, 5) is 15.4. The van der Waals surface area contributed by atoms with E-state index in [1.807, 2.05) is 13.8 Å². The summed E-state index contributed by atoms with van der Waals surface area (Å²) < 4.78 is 22.5. The molecule has 0 aliphatic rings. The van der Waals surface area contributed by atoms with E-state index in [1.165, 1.54) is 6.07 Å². The molecule has 0 aliphatic carbocycles. The number of nitrogens with one attached hydrogen (secondary N) is 1. The van der Waals surface area contributed by atoms with Crippen LogP contribution in [-0.4, -0.2) is 25.6 Å². The Balaban J connectivity index is 2.83. The molecule has 0 unspecified atom stereocenters. The Morgan fingerprint density at radius 3 is 2.59 bits per heavy atom. The summed E-state index contributed by atoms with van der Waals surface area (Å²) in [6.07, 6.45) is 1.46. The van der Waals surface area contributed by atoms with E-state index >= 15 is 0 Å². The highest BCUT2D eigenvalue weighted by Crippen LogP contribution is 2.11. The highest BCUT2D eigenvalue weighted by atomic mass is 32.2. The van der Waals surface area contributed by atoms with Crippen molar-refractivity contribution in [3.8, 4) is 0 Å². The fraction of sp³-hybridized carbons (Fsp3) is 0.455. The molecule has 6 heteroatoms. The van der Waals surface area contributed by atoms with Crippen LogP contribution in [0.2, 0.25) is 0 Å². The van der Waals surface area contributed by atoms with Gasteiger partial charge in [-0.3, -0.25) is 4.79 Å². The van der Waals surface area contributed by atoms with Crippen molar-refractivity contribution >= 4 is 21.6 Å². The third kappa shape index (κ3) is 4.52. The molecular weight excluding hydrogens is 240 g/mol. The highest BCUT2D eigenvalue weighted by molar-refractivity contribution is 7.90. The number of pyridine rings is 1. The number of aromatic nitrogens is 1. The fourth-order valence-corrected chi connectivity index (χ4v) is 1.85. The third-order valence-corrected chi connectivity index (χ3v) is 2.95. The number of rotatable bonds is 4. The molecule has 5 nitrogen and oxygen atoms in total. The monoisotopic (exact) mass is 256 g/mol. The first kappa shape index (κ1) is 13.6. The van der Waals surface area contributed by atoms with Gasteiger partial charge in [-0.25, -0.2) is 13.4 Å². The van der Waals surface area contributed by atoms with Gasteiger partial charge in [0.1, 0.15) is 5.82 Å². The molecule has 17 heavy (non-hydrogen) atoms. The van der Waals surface area contributed by atoms with Crippen LogP contribution in [-0.2, 0) is 14.6 Å². The molecular formula is C11H16N2O3S. The lowest BCUT2D eigenvalue weighted by atomic mass is 10.1. The molecule has 1 amide bonds. The van der Waals surface area contributed by atoms with Crippen LogP contribution in [0.25, 0.3) is 0 Å². The van der Waals surface area contributed by atoms with E-state index in [-0.39, 0.29) is 22.7 Å². The minimum Gasteiger partial charge on any atom is -0.311 e. The van der Waals surface area contributed by atoms with Gasteiger partial charge in [0, 0.05) is 12.7 Å². The van der Waals surface area contributed by atoms with Gasteiger partial charge >= 0.3 is 0 Å². The Hall–Kier alpha value is -1.43. The first-order valence-corrected chi connectivity index (χ1v) is 7.15. The first-order valence-electron chi connectivity index (χ1n) is 5.26. The quantitative estimate of drug-likeness (QED) is 0.885. The Bertz CT molecular complexity index is 509. The van der Waals surface area contributed by atoms with E-state index in [4.69, 9.17) is 0 Å². The highest BCUT2D eigenvalue weighted by Gasteiger charge is 2.11. The Morgan fingerprint density at radius 1 is 1.41 bits per heavy atom. The second-order valence-electron chi connectivity index (χ2n) is 4.28. The topological polar surface area (TPSA) is 76.1 Å². The van der Waals surface area contributed by atoms with E-state index < -0.39 is 9.84 Å². The van der Waals surface area contributed by atoms with Gasteiger partial charge in [-0.2, -0.15) is 0 Å². The van der Waals surface area contributed by atoms with Crippen molar-refractivity contribution in [2.75, 3.05) is 11.6 Å². The molecule has 0 atom stereocenters. The van der Waals surface area contributed by atoms with Crippen molar-refractivity contribution in [3.63, 3.8) is 0 Å². The van der Waals surface area contributed by atoms with Crippen LogP contribution in [0.15, 0.2) is 23.2 Å².